The zero-order valence-electron chi connectivity index (χ0n) is 10.6. The highest BCUT2D eigenvalue weighted by Gasteiger charge is 2.31. The van der Waals surface area contributed by atoms with Crippen molar-refractivity contribution in [2.45, 2.75) is 37.4 Å². The monoisotopic (exact) mass is 330 g/mol. The van der Waals surface area contributed by atoms with Gasteiger partial charge in [0.2, 0.25) is 10.0 Å². The summed E-state index contributed by atoms with van der Waals surface area (Å²) in [7, 11) is -3.95. The number of carbonyl (C=O) groups is 1. The maximum absolute atomic E-state index is 12.1. The smallest absolute Gasteiger partial charge is 0.349 e. The molecule has 5 nitrogen and oxygen atoms in total. The highest BCUT2D eigenvalue weighted by molar-refractivity contribution is 7.89. The Balaban J connectivity index is 2.84. The van der Waals surface area contributed by atoms with Crippen LogP contribution in [-0.2, 0) is 10.0 Å². The molecule has 0 radical (unpaired) electrons. The van der Waals surface area contributed by atoms with Crippen LogP contribution >= 0.6 is 11.3 Å². The lowest BCUT2D eigenvalue weighted by atomic mass is 10.2. The van der Waals surface area contributed by atoms with E-state index in [9.17, 15) is 26.4 Å². The van der Waals surface area contributed by atoms with Crippen molar-refractivity contribution in [3.63, 3.8) is 0 Å². The van der Waals surface area contributed by atoms with Crippen LogP contribution in [0.25, 0.3) is 0 Å². The Hall–Kier alpha value is -1.13. The molecule has 0 fully saturated rings. The number of nitrogens with two attached hydrogens (primary N) is 1. The number of primary sulfonamides is 1. The first-order valence-electron chi connectivity index (χ1n) is 5.41. The van der Waals surface area contributed by atoms with Crippen molar-refractivity contribution in [1.82, 2.24) is 5.32 Å². The molecule has 0 saturated heterocycles. The highest BCUT2D eigenvalue weighted by atomic mass is 32.2. The van der Waals surface area contributed by atoms with E-state index in [1.807, 2.05) is 0 Å². The number of hydrogen-bond donors (Lipinski definition) is 2. The molecule has 1 aromatic rings. The highest BCUT2D eigenvalue weighted by Crippen LogP contribution is 2.25. The summed E-state index contributed by atoms with van der Waals surface area (Å²) in [5, 5.41) is 7.11. The third-order valence-electron chi connectivity index (χ3n) is 2.32. The fourth-order valence-electron chi connectivity index (χ4n) is 1.55. The third kappa shape index (κ3) is 4.76. The van der Waals surface area contributed by atoms with Crippen LogP contribution in [0.15, 0.2) is 11.0 Å². The molecule has 1 unspecified atom stereocenters. The molecule has 1 amide bonds. The van der Waals surface area contributed by atoms with Crippen LogP contribution in [-0.4, -0.2) is 26.5 Å². The van der Waals surface area contributed by atoms with E-state index in [0.717, 1.165) is 17.4 Å². The molecule has 20 heavy (non-hydrogen) atoms. The molecule has 0 aliphatic heterocycles. The molecule has 0 saturated carbocycles. The van der Waals surface area contributed by atoms with Crippen molar-refractivity contribution in [3.8, 4) is 0 Å². The minimum Gasteiger partial charge on any atom is -0.349 e. The van der Waals surface area contributed by atoms with Crippen LogP contribution in [0.1, 0.15) is 27.9 Å². The number of alkyl halides is 3. The minimum atomic E-state index is -4.39. The Morgan fingerprint density at radius 2 is 2.05 bits per heavy atom. The molecule has 1 atom stereocenters. The van der Waals surface area contributed by atoms with Crippen molar-refractivity contribution in [1.29, 1.82) is 0 Å². The summed E-state index contributed by atoms with van der Waals surface area (Å²) in [5.74, 6) is -0.759. The van der Waals surface area contributed by atoms with E-state index in [2.05, 4.69) is 5.32 Å². The van der Waals surface area contributed by atoms with E-state index in [0.29, 0.717) is 4.88 Å². The molecule has 10 heteroatoms. The normalized spacial score (nSPS) is 14.1. The van der Waals surface area contributed by atoms with Crippen LogP contribution in [0.5, 0.6) is 0 Å². The van der Waals surface area contributed by atoms with Gasteiger partial charge in [0.1, 0.15) is 0 Å². The second-order valence-corrected chi connectivity index (χ2v) is 7.06. The molecular weight excluding hydrogens is 317 g/mol. The van der Waals surface area contributed by atoms with Crippen LogP contribution in [0, 0.1) is 6.92 Å². The van der Waals surface area contributed by atoms with Gasteiger partial charge in [-0.15, -0.1) is 11.3 Å². The quantitative estimate of drug-likeness (QED) is 0.882. The van der Waals surface area contributed by atoms with Crippen molar-refractivity contribution in [3.05, 3.63) is 15.8 Å². The zero-order chi connectivity index (χ0) is 15.7. The topological polar surface area (TPSA) is 89.3 Å². The molecule has 1 aromatic heterocycles. The molecule has 1 heterocycles. The summed E-state index contributed by atoms with van der Waals surface area (Å²) in [6.07, 6.45) is -5.55. The number of halogens is 3. The summed E-state index contributed by atoms with van der Waals surface area (Å²) < 4.78 is 58.8. The lowest BCUT2D eigenvalue weighted by Crippen LogP contribution is -2.35. The number of amides is 1. The van der Waals surface area contributed by atoms with E-state index in [1.54, 1.807) is 0 Å². The van der Waals surface area contributed by atoms with Gasteiger partial charge >= 0.3 is 6.18 Å². The second-order valence-electron chi connectivity index (χ2n) is 4.27. The first-order chi connectivity index (χ1) is 8.90. The van der Waals surface area contributed by atoms with Crippen LogP contribution in [0.4, 0.5) is 13.2 Å². The van der Waals surface area contributed by atoms with Gasteiger partial charge in [0.25, 0.3) is 5.91 Å². The van der Waals surface area contributed by atoms with Gasteiger partial charge in [-0.2, -0.15) is 13.2 Å². The summed E-state index contributed by atoms with van der Waals surface area (Å²) in [5.41, 5.74) is 0. The standard InChI is InChI=1S/C10H13F3N2O3S2/c1-5(4-10(11,12)13)15-9(16)7-3-8(6(2)19-7)20(14,17)18/h3,5H,4H2,1-2H3,(H,15,16)(H2,14,17,18). The van der Waals surface area contributed by atoms with Crippen molar-refractivity contribution < 1.29 is 26.4 Å². The summed E-state index contributed by atoms with van der Waals surface area (Å²) in [4.78, 5) is 11.8. The fourth-order valence-corrected chi connectivity index (χ4v) is 3.60. The molecule has 1 rings (SSSR count). The Kier molecular flexibility index (Phi) is 4.82. The molecular formula is C10H13F3N2O3S2. The predicted molar refractivity (Wildman–Crippen MR) is 68.0 cm³/mol. The first-order valence-corrected chi connectivity index (χ1v) is 7.77. The van der Waals surface area contributed by atoms with Crippen molar-refractivity contribution in [2.24, 2.45) is 5.14 Å². The molecule has 0 aliphatic carbocycles. The van der Waals surface area contributed by atoms with Crippen molar-refractivity contribution >= 4 is 27.3 Å². The van der Waals surface area contributed by atoms with E-state index < -0.39 is 34.6 Å². The number of thiophene rings is 1. The molecule has 0 bridgehead atoms. The average molecular weight is 330 g/mol. The van der Waals surface area contributed by atoms with Crippen LogP contribution in [0.3, 0.4) is 0 Å². The predicted octanol–water partition coefficient (Wildman–Crippen LogP) is 1.77. The fraction of sp³-hybridized carbons (Fsp3) is 0.500. The Labute approximate surface area is 118 Å². The number of rotatable bonds is 4. The van der Waals surface area contributed by atoms with Crippen molar-refractivity contribution in [2.75, 3.05) is 0 Å². The minimum absolute atomic E-state index is 0.000509. The molecule has 3 N–H and O–H groups in total. The number of hydrogen-bond acceptors (Lipinski definition) is 4. The van der Waals surface area contributed by atoms with Gasteiger partial charge in [0.15, 0.2) is 0 Å². The van der Waals surface area contributed by atoms with Gasteiger partial charge in [-0.25, -0.2) is 13.6 Å². The summed E-state index contributed by atoms with van der Waals surface area (Å²) >= 11 is 0.857. The number of nitrogens with one attached hydrogen (secondary N) is 1. The molecule has 0 aromatic carbocycles. The molecule has 0 aliphatic rings. The Morgan fingerprint density at radius 3 is 2.45 bits per heavy atom. The zero-order valence-corrected chi connectivity index (χ0v) is 12.2. The van der Waals surface area contributed by atoms with Gasteiger partial charge in [0.05, 0.1) is 16.2 Å². The summed E-state index contributed by atoms with van der Waals surface area (Å²) in [6.45, 7) is 2.67. The largest absolute Gasteiger partial charge is 0.391 e. The maximum Gasteiger partial charge on any atom is 0.391 e. The van der Waals surface area contributed by atoms with E-state index in [1.165, 1.54) is 13.8 Å². The number of carbonyl (C=O) groups excluding carboxylic acids is 1. The second kappa shape index (κ2) is 5.70. The van der Waals surface area contributed by atoms with Gasteiger partial charge in [0, 0.05) is 10.9 Å². The van der Waals surface area contributed by atoms with E-state index >= 15 is 0 Å². The molecule has 0 spiro atoms. The van der Waals surface area contributed by atoms with Gasteiger partial charge in [-0.1, -0.05) is 0 Å². The van der Waals surface area contributed by atoms with E-state index in [4.69, 9.17) is 5.14 Å². The van der Waals surface area contributed by atoms with Gasteiger partial charge in [-0.05, 0) is 19.9 Å². The lowest BCUT2D eigenvalue weighted by molar-refractivity contribution is -0.138. The van der Waals surface area contributed by atoms with Crippen LogP contribution < -0.4 is 10.5 Å². The van der Waals surface area contributed by atoms with Gasteiger partial charge < -0.3 is 5.32 Å². The van der Waals surface area contributed by atoms with Gasteiger partial charge in [-0.3, -0.25) is 4.79 Å². The molecule has 114 valence electrons. The van der Waals surface area contributed by atoms with Crippen LogP contribution in [0.2, 0.25) is 0 Å². The first kappa shape index (κ1) is 16.9. The average Bonchev–Trinajstić information content (AvgIpc) is 2.56. The Morgan fingerprint density at radius 1 is 1.50 bits per heavy atom. The number of aryl methyl sites for hydroxylation is 1. The van der Waals surface area contributed by atoms with E-state index in [-0.39, 0.29) is 9.77 Å². The number of sulfonamides is 1. The Bertz CT molecular complexity index is 608. The maximum atomic E-state index is 12.1. The SMILES string of the molecule is Cc1sc(C(=O)NC(C)CC(F)(F)F)cc1S(N)(=O)=O. The third-order valence-corrected chi connectivity index (χ3v) is 4.53. The lowest BCUT2D eigenvalue weighted by Gasteiger charge is -2.15. The summed E-state index contributed by atoms with van der Waals surface area (Å²) in [6, 6.07) is -0.0480.